The van der Waals surface area contributed by atoms with Crippen molar-refractivity contribution in [2.75, 3.05) is 164 Å². The van der Waals surface area contributed by atoms with E-state index in [4.69, 9.17) is 36.2 Å². The number of hydrogen-bond acceptors (Lipinski definition) is 15. The summed E-state index contributed by atoms with van der Waals surface area (Å²) < 4.78 is 278. The van der Waals surface area contributed by atoms with Crippen molar-refractivity contribution in [1.29, 1.82) is 0 Å². The molecule has 6 rings (SSSR count). The number of carbonyl (C=O) groups excluding carboxylic acids is 6. The van der Waals surface area contributed by atoms with E-state index >= 15 is 0 Å². The van der Waals surface area contributed by atoms with Crippen LogP contribution in [-0.2, 0) is 65.0 Å². The average molecular weight is 1280 g/mol. The molecule has 6 saturated heterocycles. The maximum absolute atomic E-state index is 13.3. The van der Waals surface area contributed by atoms with Crippen LogP contribution in [0.3, 0.4) is 0 Å². The molecule has 0 aliphatic carbocycles. The second-order valence-electron chi connectivity index (χ2n) is 17.2. The molecule has 0 N–H and O–H groups in total. The number of rotatable bonds is 2. The van der Waals surface area contributed by atoms with Gasteiger partial charge in [0.1, 0.15) is 33.1 Å². The Kier molecular flexibility index (Phi) is 24.9. The molecule has 0 bridgehead atoms. The minimum Gasteiger partial charge on any atom is -1.00 e. The molecule has 0 aromatic carbocycles. The summed E-state index contributed by atoms with van der Waals surface area (Å²) in [7, 11) is -6.51. The molecule has 470 valence electrons. The van der Waals surface area contributed by atoms with Crippen LogP contribution in [-0.4, -0.2) is 282 Å². The summed E-state index contributed by atoms with van der Waals surface area (Å²) in [4.78, 5) is 72.4. The molecule has 22 nitrogen and oxygen atoms in total. The van der Waals surface area contributed by atoms with Gasteiger partial charge in [-0.25, -0.2) is 4.58 Å². The monoisotopic (exact) mass is 1280 g/mol. The summed E-state index contributed by atoms with van der Waals surface area (Å²) in [5.41, 5.74) is 0. The van der Waals surface area contributed by atoms with Crippen molar-refractivity contribution in [2.24, 2.45) is 0 Å². The maximum atomic E-state index is 13.3. The van der Waals surface area contributed by atoms with Crippen LogP contribution in [0, 0.1) is 0 Å². The van der Waals surface area contributed by atoms with Crippen LogP contribution < -0.4 is 12.4 Å². The van der Waals surface area contributed by atoms with Crippen molar-refractivity contribution in [3.63, 3.8) is 0 Å². The molecular formula is C38H52ClF18N8O14P2+. The molecule has 0 aromatic rings. The zero-order valence-corrected chi connectivity index (χ0v) is 44.3. The Hall–Kier alpha value is -3.98. The molecule has 43 heteroatoms. The summed E-state index contributed by atoms with van der Waals surface area (Å²) in [6.45, 7) is -7.07. The van der Waals surface area contributed by atoms with Gasteiger partial charge in [0.15, 0.2) is 13.1 Å². The van der Waals surface area contributed by atoms with Crippen molar-refractivity contribution in [3.05, 3.63) is 0 Å². The number of alkyl halides is 18. The molecule has 0 aromatic heterocycles. The fourth-order valence-corrected chi connectivity index (χ4v) is 12.8. The number of carbonyl (C=O) groups is 6. The van der Waals surface area contributed by atoms with Gasteiger partial charge in [0.25, 0.3) is 0 Å². The van der Waals surface area contributed by atoms with Gasteiger partial charge < -0.3 is 27.1 Å². The first-order chi connectivity index (χ1) is 36.7. The Morgan fingerprint density at radius 3 is 0.765 bits per heavy atom. The molecule has 6 fully saturated rings. The molecule has 0 saturated carbocycles. The fraction of sp³-hybridized carbons (Fsp3) is 0.816. The van der Waals surface area contributed by atoms with Gasteiger partial charge in [-0.15, -0.1) is 0 Å². The van der Waals surface area contributed by atoms with Gasteiger partial charge in [-0.1, -0.05) is 0 Å². The van der Waals surface area contributed by atoms with E-state index in [2.05, 4.69) is 6.72 Å². The van der Waals surface area contributed by atoms with Crippen molar-refractivity contribution in [3.8, 4) is 0 Å². The largest absolute Gasteiger partial charge is 1.00 e. The molecule has 0 atom stereocenters. The van der Waals surface area contributed by atoms with Crippen LogP contribution in [0.15, 0.2) is 0 Å². The molecule has 6 amide bonds. The van der Waals surface area contributed by atoms with Crippen LogP contribution >= 0.6 is 15.7 Å². The predicted octanol–water partition coefficient (Wildman–Crippen LogP) is 0.387. The zero-order chi connectivity index (χ0) is 60.4. The maximum Gasteiger partial charge on any atom is -1.00 e. The fourth-order valence-electron chi connectivity index (χ4n) is 7.73. The minimum atomic E-state index is -5.52. The van der Waals surface area contributed by atoms with Gasteiger partial charge >= 0.3 is 265 Å². The van der Waals surface area contributed by atoms with Gasteiger partial charge in [-0.05, 0) is 0 Å². The second-order valence-corrected chi connectivity index (χ2v) is 22.4. The Morgan fingerprint density at radius 2 is 0.556 bits per heavy atom. The first-order valence-electron chi connectivity index (χ1n) is 23.2. The number of halogens is 19. The first kappa shape index (κ1) is 71.3. The number of nitrogens with zero attached hydrogens (tertiary/aromatic N) is 8. The standard InChI is InChI=1S/C19H26F9N4O7P.C15H18F9N4O3.C4H8O4P.ClH/c20-17(21,22)14(33)30-3-1-29(13-40(36-9-10-37-40)38-11-12-39-40)2-4-31(15(34)18(23,24)25)6-8-32(7-5-30)16(35)19(26,27)28;1-25-2-4-26(10(29)13(16,17)18)6-8-28(12(31)15(22,23)24)9-7-27(5-3-25)11(30)14(19,20)21;1-2-6-9(5-1)7-3-4-8-9;/h1-13H2;1-9H2;1-4H2;1H/q;2*+1;/p-1. The van der Waals surface area contributed by atoms with Gasteiger partial charge in [0.2, 0.25) is 0 Å². The summed E-state index contributed by atoms with van der Waals surface area (Å²) in [5, 5.41) is 0. The molecule has 0 radical (unpaired) electrons. The summed E-state index contributed by atoms with van der Waals surface area (Å²) in [5.74, 6) is -14.6. The van der Waals surface area contributed by atoms with Crippen molar-refractivity contribution < 1.29 is 161 Å². The molecule has 2 spiro atoms. The van der Waals surface area contributed by atoms with Gasteiger partial charge in [0, 0.05) is 26.2 Å². The zero-order valence-electron chi connectivity index (χ0n) is 41.8. The van der Waals surface area contributed by atoms with Crippen molar-refractivity contribution in [1.82, 2.24) is 34.3 Å². The van der Waals surface area contributed by atoms with E-state index in [0.29, 0.717) is 26.4 Å². The van der Waals surface area contributed by atoms with Gasteiger partial charge in [0.05, 0.1) is 13.1 Å². The van der Waals surface area contributed by atoms with E-state index in [0.717, 1.165) is 4.58 Å². The van der Waals surface area contributed by atoms with Crippen molar-refractivity contribution in [2.45, 2.75) is 37.1 Å². The minimum absolute atomic E-state index is 0. The topological polar surface area (TPSA) is 202 Å². The summed E-state index contributed by atoms with van der Waals surface area (Å²) >= 11 is 0. The molecule has 81 heavy (non-hydrogen) atoms. The Morgan fingerprint density at radius 1 is 0.358 bits per heavy atom. The van der Waals surface area contributed by atoms with Crippen LogP contribution in [0.2, 0.25) is 0 Å². The quantitative estimate of drug-likeness (QED) is 0.209. The summed E-state index contributed by atoms with van der Waals surface area (Å²) in [6, 6.07) is 0. The van der Waals surface area contributed by atoms with Crippen LogP contribution in [0.4, 0.5) is 79.0 Å². The first-order valence-corrected chi connectivity index (χ1v) is 26.8. The molecule has 6 heterocycles. The number of hydrogen-bond donors (Lipinski definition) is 0. The van der Waals surface area contributed by atoms with E-state index < -0.39 is 186 Å². The van der Waals surface area contributed by atoms with E-state index in [9.17, 15) is 108 Å². The van der Waals surface area contributed by atoms with Crippen molar-refractivity contribution >= 4 is 57.8 Å². The number of amides is 6. The van der Waals surface area contributed by atoms with Crippen LogP contribution in [0.5, 0.6) is 0 Å². The van der Waals surface area contributed by atoms with Crippen LogP contribution in [0.25, 0.3) is 0 Å². The van der Waals surface area contributed by atoms with E-state index in [1.165, 1.54) is 4.90 Å². The van der Waals surface area contributed by atoms with Gasteiger partial charge in [-0.2, -0.15) is 57.6 Å². The third-order valence-electron chi connectivity index (χ3n) is 11.6. The Bertz CT molecular complexity index is 2050. The predicted molar refractivity (Wildman–Crippen MR) is 231 cm³/mol. The molecule has 6 aliphatic rings. The SMILES string of the molecule is C1CO[P+]2(O1)OCCO2.C=[N+]1CCN(C(=O)C(F)(F)F)CCN(C(=O)C(F)(F)F)CCN(C(=O)C(F)(F)F)CC1.O=C(N1CCN(CP23(OCCO2)OCCO3)CCN(C(=O)C(F)(F)F)CCN(C(=O)C(F)(F)F)CC1)C(F)(F)F.[Cl-]. The smallest absolute Gasteiger partial charge is 1.00 e. The van der Waals surface area contributed by atoms with E-state index in [1.807, 2.05) is 0 Å². The van der Waals surface area contributed by atoms with Gasteiger partial charge in [-0.3, -0.25) is 14.4 Å². The summed E-state index contributed by atoms with van der Waals surface area (Å²) in [6.07, 6.45) is -32.9. The normalized spacial score (nSPS) is 22.8. The molecule has 0 unspecified atom stereocenters. The molecular weight excluding hydrogens is 1230 g/mol. The Labute approximate surface area is 453 Å². The second kappa shape index (κ2) is 28.3. The average Bonchev–Trinajstić information content (AvgIpc) is 4.19. The van der Waals surface area contributed by atoms with E-state index in [1.54, 1.807) is 0 Å². The van der Waals surface area contributed by atoms with E-state index in [-0.39, 0.29) is 81.3 Å². The Balaban J connectivity index is 0.000000370. The third kappa shape index (κ3) is 20.7. The van der Waals surface area contributed by atoms with Crippen LogP contribution in [0.1, 0.15) is 0 Å². The third-order valence-corrected chi connectivity index (χ3v) is 17.2. The molecule has 6 aliphatic heterocycles.